The maximum absolute atomic E-state index is 10.4. The van der Waals surface area contributed by atoms with Crippen LogP contribution in [0.15, 0.2) is 24.3 Å². The van der Waals surface area contributed by atoms with E-state index in [1.807, 2.05) is 24.3 Å². The second kappa shape index (κ2) is 5.87. The van der Waals surface area contributed by atoms with E-state index in [0.29, 0.717) is 0 Å². The average molecular weight is 253 g/mol. The summed E-state index contributed by atoms with van der Waals surface area (Å²) in [7, 11) is 0. The summed E-state index contributed by atoms with van der Waals surface area (Å²) in [6, 6.07) is 7.57. The van der Waals surface area contributed by atoms with Gasteiger partial charge in [0.25, 0.3) is 0 Å². The summed E-state index contributed by atoms with van der Waals surface area (Å²) >= 11 is -0.505. The molecule has 0 aromatic heterocycles. The predicted molar refractivity (Wildman–Crippen MR) is 62.6 cm³/mol. The Kier molecular flexibility index (Phi) is 4.75. The van der Waals surface area contributed by atoms with Crippen molar-refractivity contribution in [3.8, 4) is 0 Å². The number of aldehydes is 1. The van der Waals surface area contributed by atoms with E-state index in [2.05, 4.69) is 16.7 Å². The summed E-state index contributed by atoms with van der Waals surface area (Å²) < 4.78 is 0. The number of carbonyl (C=O) groups excluding carboxylic acids is 1. The molecule has 1 aromatic rings. The van der Waals surface area contributed by atoms with Crippen LogP contribution >= 0.6 is 0 Å². The Morgan fingerprint density at radius 3 is 2.43 bits per heavy atom. The van der Waals surface area contributed by atoms with Gasteiger partial charge in [-0.2, -0.15) is 0 Å². The number of nitrogens with one attached hydrogen (secondary N) is 1. The van der Waals surface area contributed by atoms with Crippen molar-refractivity contribution in [2.24, 2.45) is 0 Å². The van der Waals surface area contributed by atoms with Gasteiger partial charge in [-0.3, -0.25) is 0 Å². The number of rotatable bonds is 5. The minimum absolute atomic E-state index is 0.505. The molecule has 0 fully saturated rings. The maximum atomic E-state index is 10.4. The molecule has 0 spiro atoms. The summed E-state index contributed by atoms with van der Waals surface area (Å²) in [4.78, 5) is 10.4. The third-order valence-electron chi connectivity index (χ3n) is 1.93. The third-order valence-corrected chi connectivity index (χ3v) is 4.28. The molecule has 3 heteroatoms. The molecule has 0 amide bonds. The Morgan fingerprint density at radius 1 is 1.29 bits per heavy atom. The fourth-order valence-electron chi connectivity index (χ4n) is 1.10. The van der Waals surface area contributed by atoms with Gasteiger partial charge in [0.1, 0.15) is 0 Å². The van der Waals surface area contributed by atoms with Crippen LogP contribution in [0.3, 0.4) is 0 Å². The zero-order chi connectivity index (χ0) is 10.4. The van der Waals surface area contributed by atoms with Crippen LogP contribution in [0.1, 0.15) is 10.4 Å². The van der Waals surface area contributed by atoms with Gasteiger partial charge in [-0.25, -0.2) is 0 Å². The fourth-order valence-corrected chi connectivity index (χ4v) is 2.28. The number of hydrogen-bond donors (Lipinski definition) is 1. The van der Waals surface area contributed by atoms with Gasteiger partial charge in [-0.05, 0) is 0 Å². The van der Waals surface area contributed by atoms with Gasteiger partial charge >= 0.3 is 89.7 Å². The Morgan fingerprint density at radius 2 is 1.93 bits per heavy atom. The first kappa shape index (κ1) is 11.3. The van der Waals surface area contributed by atoms with Crippen LogP contribution in [0.2, 0.25) is 16.6 Å². The van der Waals surface area contributed by atoms with E-state index in [1.54, 1.807) is 0 Å². The van der Waals surface area contributed by atoms with Gasteiger partial charge in [-0.15, -0.1) is 0 Å². The Hall–Kier alpha value is -0.752. The summed E-state index contributed by atoms with van der Waals surface area (Å²) in [5.41, 5.74) is 6.54. The van der Waals surface area contributed by atoms with Crippen molar-refractivity contribution in [3.05, 3.63) is 29.8 Å². The van der Waals surface area contributed by atoms with Crippen LogP contribution in [-0.4, -0.2) is 27.5 Å². The molecule has 0 bridgehead atoms. The molecule has 0 saturated heterocycles. The van der Waals surface area contributed by atoms with E-state index in [4.69, 9.17) is 0 Å². The van der Waals surface area contributed by atoms with Crippen LogP contribution in [0.25, 0.3) is 0 Å². The summed E-state index contributed by atoms with van der Waals surface area (Å²) in [5, 5.41) is 4.66. The minimum atomic E-state index is -0.505. The molecule has 1 aromatic carbocycles. The number of carbonyl (C=O) groups is 1. The van der Waals surface area contributed by atoms with Gasteiger partial charge in [-0.1, -0.05) is 0 Å². The average Bonchev–Trinajstić information content (AvgIpc) is 2.18. The molecule has 0 aliphatic carbocycles. The van der Waals surface area contributed by atoms with E-state index >= 15 is 0 Å². The monoisotopic (exact) mass is 253 g/mol. The molecule has 0 unspecified atom stereocenters. The van der Waals surface area contributed by atoms with E-state index < -0.39 is 14.7 Å². The molecule has 2 nitrogen and oxygen atoms in total. The molecule has 76 valence electrons. The van der Waals surface area contributed by atoms with E-state index in [-0.39, 0.29) is 0 Å². The summed E-state index contributed by atoms with van der Waals surface area (Å²) in [5.74, 6) is 0. The van der Waals surface area contributed by atoms with Crippen LogP contribution in [0, 0.1) is 0 Å². The Bertz CT molecular complexity index is 282. The van der Waals surface area contributed by atoms with Crippen LogP contribution in [0.4, 0.5) is 5.69 Å². The second-order valence-electron chi connectivity index (χ2n) is 3.47. The molecule has 14 heavy (non-hydrogen) atoms. The van der Waals surface area contributed by atoms with Crippen molar-refractivity contribution in [1.82, 2.24) is 0 Å². The normalized spacial score (nSPS) is 10.2. The van der Waals surface area contributed by atoms with E-state index in [9.17, 15) is 4.79 Å². The zero-order valence-electron chi connectivity index (χ0n) is 8.66. The molecule has 0 aliphatic rings. The molecule has 0 atom stereocenters. The van der Waals surface area contributed by atoms with Gasteiger partial charge in [0.05, 0.1) is 0 Å². The quantitative estimate of drug-likeness (QED) is 0.645. The number of benzene rings is 1. The van der Waals surface area contributed by atoms with Crippen LogP contribution in [0.5, 0.6) is 0 Å². The van der Waals surface area contributed by atoms with Gasteiger partial charge in [0, 0.05) is 0 Å². The first-order valence-corrected chi connectivity index (χ1v) is 9.74. The standard InChI is InChI=1S/C11H16AsNO/c1-12(2)7-8-13-11-5-3-10(9-14)4-6-11/h3-6,9,13H,7-8H2,1-2H3. The molecule has 0 heterocycles. The number of anilines is 1. The second-order valence-corrected chi connectivity index (χ2v) is 8.94. The van der Waals surface area contributed by atoms with E-state index in [1.165, 1.54) is 5.21 Å². The van der Waals surface area contributed by atoms with Crippen molar-refractivity contribution >= 4 is 26.6 Å². The fraction of sp³-hybridized carbons (Fsp3) is 0.364. The molecule has 1 N–H and O–H groups in total. The summed E-state index contributed by atoms with van der Waals surface area (Å²) in [6.45, 7) is 1.05. The first-order valence-electron chi connectivity index (χ1n) is 4.66. The van der Waals surface area contributed by atoms with Crippen molar-refractivity contribution in [2.45, 2.75) is 16.6 Å². The third kappa shape index (κ3) is 3.97. The van der Waals surface area contributed by atoms with Crippen LogP contribution in [-0.2, 0) is 0 Å². The van der Waals surface area contributed by atoms with Crippen molar-refractivity contribution in [1.29, 1.82) is 0 Å². The summed E-state index contributed by atoms with van der Waals surface area (Å²) in [6.07, 6.45) is 0.866. The Labute approximate surface area is 90.0 Å². The topological polar surface area (TPSA) is 29.1 Å². The van der Waals surface area contributed by atoms with Crippen molar-refractivity contribution in [2.75, 3.05) is 11.9 Å². The van der Waals surface area contributed by atoms with E-state index in [0.717, 1.165) is 24.1 Å². The van der Waals surface area contributed by atoms with Gasteiger partial charge in [0.2, 0.25) is 0 Å². The molecule has 0 radical (unpaired) electrons. The van der Waals surface area contributed by atoms with Crippen molar-refractivity contribution in [3.63, 3.8) is 0 Å². The van der Waals surface area contributed by atoms with Gasteiger partial charge < -0.3 is 0 Å². The van der Waals surface area contributed by atoms with Crippen LogP contribution < -0.4 is 5.32 Å². The van der Waals surface area contributed by atoms with Gasteiger partial charge in [0.15, 0.2) is 0 Å². The molecular weight excluding hydrogens is 237 g/mol. The zero-order valence-corrected chi connectivity index (χ0v) is 10.5. The molecule has 0 saturated carbocycles. The predicted octanol–water partition coefficient (Wildman–Crippen LogP) is 2.67. The first-order chi connectivity index (χ1) is 6.72. The number of hydrogen-bond acceptors (Lipinski definition) is 2. The SMILES string of the molecule is C[As](C)CCNc1ccc(C=O)cc1. The van der Waals surface area contributed by atoms with Crippen molar-refractivity contribution < 1.29 is 4.79 Å². The molecule has 1 rings (SSSR count). The molecule has 0 aliphatic heterocycles. The Balaban J connectivity index is 2.40. The molecular formula is C11H16AsNO.